The van der Waals surface area contributed by atoms with E-state index in [1.165, 1.54) is 11.1 Å². The van der Waals surface area contributed by atoms with Gasteiger partial charge in [-0.2, -0.15) is 4.98 Å². The Morgan fingerprint density at radius 2 is 1.76 bits per heavy atom. The van der Waals surface area contributed by atoms with Crippen LogP contribution in [0.3, 0.4) is 0 Å². The van der Waals surface area contributed by atoms with E-state index in [1.54, 1.807) is 0 Å². The fourth-order valence-corrected chi connectivity index (χ4v) is 2.75. The standard InChI is InChI=1S/C20H21ClN4/c1-13-7-6-10-18(15(13)3)24-19-11-14(2)23-20(25-19)22-12-16-8-4-5-9-17(16)21/h4-11H,12H2,1-3H3,(H2,22,23,24,25). The van der Waals surface area contributed by atoms with Gasteiger partial charge < -0.3 is 10.6 Å². The van der Waals surface area contributed by atoms with Gasteiger partial charge in [-0.05, 0) is 49.6 Å². The zero-order valence-electron chi connectivity index (χ0n) is 14.6. The normalized spacial score (nSPS) is 10.6. The van der Waals surface area contributed by atoms with Crippen molar-refractivity contribution in [1.29, 1.82) is 0 Å². The molecule has 0 spiro atoms. The van der Waals surface area contributed by atoms with E-state index in [9.17, 15) is 0 Å². The van der Waals surface area contributed by atoms with Crippen LogP contribution in [0.25, 0.3) is 0 Å². The molecule has 0 atom stereocenters. The predicted molar refractivity (Wildman–Crippen MR) is 105 cm³/mol. The SMILES string of the molecule is Cc1cc(Nc2cccc(C)c2C)nc(NCc2ccccc2Cl)n1. The van der Waals surface area contributed by atoms with Crippen molar-refractivity contribution in [2.24, 2.45) is 0 Å². The first kappa shape index (κ1) is 17.2. The van der Waals surface area contributed by atoms with E-state index in [1.807, 2.05) is 43.3 Å². The molecule has 1 heterocycles. The van der Waals surface area contributed by atoms with E-state index in [2.05, 4.69) is 46.6 Å². The minimum atomic E-state index is 0.575. The molecule has 0 unspecified atom stereocenters. The van der Waals surface area contributed by atoms with Crippen LogP contribution in [0.2, 0.25) is 5.02 Å². The first-order valence-corrected chi connectivity index (χ1v) is 8.57. The molecule has 4 nitrogen and oxygen atoms in total. The second kappa shape index (κ2) is 7.53. The lowest BCUT2D eigenvalue weighted by molar-refractivity contribution is 1.03. The first-order valence-electron chi connectivity index (χ1n) is 8.19. The molecule has 0 saturated carbocycles. The van der Waals surface area contributed by atoms with E-state index in [4.69, 9.17) is 11.6 Å². The maximum atomic E-state index is 6.20. The third kappa shape index (κ3) is 4.28. The molecule has 3 rings (SSSR count). The summed E-state index contributed by atoms with van der Waals surface area (Å²) in [6.45, 7) is 6.73. The Balaban J connectivity index is 1.78. The quantitative estimate of drug-likeness (QED) is 0.644. The second-order valence-electron chi connectivity index (χ2n) is 6.04. The minimum Gasteiger partial charge on any atom is -0.350 e. The Kier molecular flexibility index (Phi) is 5.19. The van der Waals surface area contributed by atoms with Crippen LogP contribution in [0, 0.1) is 20.8 Å². The number of anilines is 3. The summed E-state index contributed by atoms with van der Waals surface area (Å²) in [7, 11) is 0. The summed E-state index contributed by atoms with van der Waals surface area (Å²) < 4.78 is 0. The number of benzene rings is 2. The molecule has 0 aliphatic rings. The van der Waals surface area contributed by atoms with Crippen molar-refractivity contribution in [1.82, 2.24) is 9.97 Å². The highest BCUT2D eigenvalue weighted by atomic mass is 35.5. The summed E-state index contributed by atoms with van der Waals surface area (Å²) in [5.74, 6) is 1.34. The van der Waals surface area contributed by atoms with Gasteiger partial charge in [-0.3, -0.25) is 0 Å². The minimum absolute atomic E-state index is 0.575. The Morgan fingerprint density at radius 1 is 0.960 bits per heavy atom. The van der Waals surface area contributed by atoms with Crippen LogP contribution < -0.4 is 10.6 Å². The molecule has 5 heteroatoms. The van der Waals surface area contributed by atoms with Crippen molar-refractivity contribution < 1.29 is 0 Å². The summed E-state index contributed by atoms with van der Waals surface area (Å²) in [5, 5.41) is 7.37. The van der Waals surface area contributed by atoms with Crippen LogP contribution in [-0.2, 0) is 6.54 Å². The lowest BCUT2D eigenvalue weighted by Crippen LogP contribution is -2.07. The van der Waals surface area contributed by atoms with Crippen molar-refractivity contribution >= 4 is 29.1 Å². The highest BCUT2D eigenvalue weighted by Crippen LogP contribution is 2.23. The van der Waals surface area contributed by atoms with Crippen LogP contribution in [-0.4, -0.2) is 9.97 Å². The summed E-state index contributed by atoms with van der Waals surface area (Å²) in [6, 6.07) is 15.9. The number of hydrogen-bond acceptors (Lipinski definition) is 4. The molecule has 0 aliphatic carbocycles. The fourth-order valence-electron chi connectivity index (χ4n) is 2.55. The monoisotopic (exact) mass is 352 g/mol. The maximum absolute atomic E-state index is 6.20. The van der Waals surface area contributed by atoms with Crippen molar-refractivity contribution in [3.63, 3.8) is 0 Å². The van der Waals surface area contributed by atoms with E-state index in [-0.39, 0.29) is 0 Å². The van der Waals surface area contributed by atoms with Gasteiger partial charge in [-0.15, -0.1) is 0 Å². The molecule has 0 fully saturated rings. The van der Waals surface area contributed by atoms with Gasteiger partial charge in [0, 0.05) is 29.0 Å². The van der Waals surface area contributed by atoms with E-state index >= 15 is 0 Å². The van der Waals surface area contributed by atoms with Gasteiger partial charge in [-0.25, -0.2) is 4.98 Å². The Hall–Kier alpha value is -2.59. The summed E-state index contributed by atoms with van der Waals surface area (Å²) in [6.07, 6.45) is 0. The number of hydrogen-bond donors (Lipinski definition) is 2. The molecular formula is C20H21ClN4. The van der Waals surface area contributed by atoms with Crippen molar-refractivity contribution in [3.8, 4) is 0 Å². The zero-order valence-corrected chi connectivity index (χ0v) is 15.4. The van der Waals surface area contributed by atoms with Crippen molar-refractivity contribution in [3.05, 3.63) is 75.9 Å². The average Bonchev–Trinajstić information content (AvgIpc) is 2.58. The Morgan fingerprint density at radius 3 is 2.56 bits per heavy atom. The average molecular weight is 353 g/mol. The number of aromatic nitrogens is 2. The highest BCUT2D eigenvalue weighted by Gasteiger charge is 2.06. The molecule has 0 amide bonds. The summed E-state index contributed by atoms with van der Waals surface area (Å²) in [4.78, 5) is 9.02. The van der Waals surface area contributed by atoms with E-state index < -0.39 is 0 Å². The Labute approximate surface area is 153 Å². The van der Waals surface area contributed by atoms with Gasteiger partial charge in [0.15, 0.2) is 0 Å². The zero-order chi connectivity index (χ0) is 17.8. The van der Waals surface area contributed by atoms with Crippen molar-refractivity contribution in [2.75, 3.05) is 10.6 Å². The van der Waals surface area contributed by atoms with Gasteiger partial charge >= 0.3 is 0 Å². The maximum Gasteiger partial charge on any atom is 0.225 e. The van der Waals surface area contributed by atoms with Crippen LogP contribution in [0.5, 0.6) is 0 Å². The number of nitrogens with zero attached hydrogens (tertiary/aromatic N) is 2. The molecular weight excluding hydrogens is 332 g/mol. The Bertz CT molecular complexity index is 893. The van der Waals surface area contributed by atoms with Crippen molar-refractivity contribution in [2.45, 2.75) is 27.3 Å². The van der Waals surface area contributed by atoms with Gasteiger partial charge in [0.2, 0.25) is 5.95 Å². The fraction of sp³-hybridized carbons (Fsp3) is 0.200. The molecule has 1 aromatic heterocycles. The van der Waals surface area contributed by atoms with Crippen LogP contribution in [0.15, 0.2) is 48.5 Å². The van der Waals surface area contributed by atoms with Gasteiger partial charge in [0.05, 0.1) is 0 Å². The van der Waals surface area contributed by atoms with E-state index in [0.717, 1.165) is 27.8 Å². The largest absolute Gasteiger partial charge is 0.350 e. The number of rotatable bonds is 5. The van der Waals surface area contributed by atoms with Crippen LogP contribution >= 0.6 is 11.6 Å². The number of nitrogens with one attached hydrogen (secondary N) is 2. The third-order valence-electron chi connectivity index (χ3n) is 4.12. The lowest BCUT2D eigenvalue weighted by atomic mass is 10.1. The molecule has 3 aromatic rings. The van der Waals surface area contributed by atoms with Gasteiger partial charge in [-0.1, -0.05) is 41.9 Å². The number of aryl methyl sites for hydroxylation is 2. The van der Waals surface area contributed by atoms with Crippen LogP contribution in [0.4, 0.5) is 17.5 Å². The van der Waals surface area contributed by atoms with Crippen LogP contribution in [0.1, 0.15) is 22.4 Å². The van der Waals surface area contributed by atoms with E-state index in [0.29, 0.717) is 12.5 Å². The molecule has 0 saturated heterocycles. The first-order chi connectivity index (χ1) is 12.0. The molecule has 0 radical (unpaired) electrons. The predicted octanol–water partition coefficient (Wildman–Crippen LogP) is 5.41. The highest BCUT2D eigenvalue weighted by molar-refractivity contribution is 6.31. The molecule has 2 aromatic carbocycles. The second-order valence-corrected chi connectivity index (χ2v) is 6.44. The third-order valence-corrected chi connectivity index (χ3v) is 4.49. The molecule has 25 heavy (non-hydrogen) atoms. The smallest absolute Gasteiger partial charge is 0.225 e. The topological polar surface area (TPSA) is 49.8 Å². The summed E-state index contributed by atoms with van der Waals surface area (Å²) >= 11 is 6.20. The summed E-state index contributed by atoms with van der Waals surface area (Å²) in [5.41, 5.74) is 5.41. The van der Waals surface area contributed by atoms with Gasteiger partial charge in [0.1, 0.15) is 5.82 Å². The molecule has 0 bridgehead atoms. The van der Waals surface area contributed by atoms with Gasteiger partial charge in [0.25, 0.3) is 0 Å². The lowest BCUT2D eigenvalue weighted by Gasteiger charge is -2.13. The molecule has 0 aliphatic heterocycles. The molecule has 128 valence electrons. The number of halogens is 1. The molecule has 2 N–H and O–H groups in total.